The number of likely N-dealkylation sites (N-methyl/N-ethyl adjacent to an activating group) is 1. The van der Waals surface area contributed by atoms with E-state index in [4.69, 9.17) is 5.73 Å². The third-order valence-electron chi connectivity index (χ3n) is 3.76. The number of rotatable bonds is 5. The predicted molar refractivity (Wildman–Crippen MR) is 90.1 cm³/mol. The van der Waals surface area contributed by atoms with Crippen LogP contribution < -0.4 is 10.6 Å². The molecule has 21 heavy (non-hydrogen) atoms. The molecular formula is C17H20BrFN2. The molecule has 0 heterocycles. The quantitative estimate of drug-likeness (QED) is 0.871. The Morgan fingerprint density at radius 2 is 1.86 bits per heavy atom. The van der Waals surface area contributed by atoms with Gasteiger partial charge in [-0.05, 0) is 36.2 Å². The van der Waals surface area contributed by atoms with Crippen LogP contribution in [0, 0.1) is 5.82 Å². The topological polar surface area (TPSA) is 29.3 Å². The molecule has 0 bridgehead atoms. The largest absolute Gasteiger partial charge is 0.366 e. The maximum absolute atomic E-state index is 14.2. The van der Waals surface area contributed by atoms with Crippen LogP contribution in [0.15, 0.2) is 46.9 Å². The Kier molecular flexibility index (Phi) is 5.37. The maximum Gasteiger partial charge on any atom is 0.129 e. The van der Waals surface area contributed by atoms with Gasteiger partial charge in [0.25, 0.3) is 0 Å². The summed E-state index contributed by atoms with van der Waals surface area (Å²) in [5.74, 6) is -0.239. The van der Waals surface area contributed by atoms with E-state index in [-0.39, 0.29) is 11.9 Å². The lowest BCUT2D eigenvalue weighted by Crippen LogP contribution is -2.31. The number of nitrogens with two attached hydrogens (primary N) is 1. The smallest absolute Gasteiger partial charge is 0.129 e. The van der Waals surface area contributed by atoms with E-state index in [1.807, 2.05) is 18.0 Å². The van der Waals surface area contributed by atoms with E-state index in [1.165, 1.54) is 11.6 Å². The minimum absolute atomic E-state index is 0.189. The van der Waals surface area contributed by atoms with Crippen LogP contribution in [0.3, 0.4) is 0 Å². The first-order chi connectivity index (χ1) is 10.1. The van der Waals surface area contributed by atoms with Crippen molar-refractivity contribution in [1.29, 1.82) is 0 Å². The van der Waals surface area contributed by atoms with Crippen molar-refractivity contribution in [2.24, 2.45) is 5.73 Å². The number of nitrogens with zero attached hydrogens (tertiary/aromatic N) is 1. The molecule has 1 atom stereocenters. The third-order valence-corrected chi connectivity index (χ3v) is 4.26. The second-order valence-electron chi connectivity index (χ2n) is 5.05. The Balaban J connectivity index is 2.30. The van der Waals surface area contributed by atoms with Crippen molar-refractivity contribution in [3.8, 4) is 0 Å². The highest BCUT2D eigenvalue weighted by Gasteiger charge is 2.19. The summed E-state index contributed by atoms with van der Waals surface area (Å²) in [7, 11) is 1.94. The number of halogens is 2. The summed E-state index contributed by atoms with van der Waals surface area (Å²) in [6.07, 6.45) is 1.01. The Hall–Kier alpha value is -1.39. The van der Waals surface area contributed by atoms with Crippen molar-refractivity contribution in [3.05, 3.63) is 63.9 Å². The lowest BCUT2D eigenvalue weighted by molar-refractivity contribution is 0.572. The molecule has 2 N–H and O–H groups in total. The van der Waals surface area contributed by atoms with Crippen LogP contribution in [0.2, 0.25) is 0 Å². The molecule has 0 aliphatic rings. The molecule has 2 nitrogen and oxygen atoms in total. The summed E-state index contributed by atoms with van der Waals surface area (Å²) in [5, 5.41) is 0. The van der Waals surface area contributed by atoms with Crippen molar-refractivity contribution < 1.29 is 4.39 Å². The van der Waals surface area contributed by atoms with Crippen LogP contribution in [0.4, 0.5) is 10.1 Å². The SMILES string of the molecule is CCc1ccc(N(C)C(CN)c2ccc(Br)cc2F)cc1. The van der Waals surface area contributed by atoms with Gasteiger partial charge >= 0.3 is 0 Å². The van der Waals surface area contributed by atoms with Crippen LogP contribution in [-0.4, -0.2) is 13.6 Å². The molecule has 112 valence electrons. The van der Waals surface area contributed by atoms with Crippen LogP contribution in [0.5, 0.6) is 0 Å². The van der Waals surface area contributed by atoms with Crippen LogP contribution in [0.1, 0.15) is 24.1 Å². The van der Waals surface area contributed by atoms with Crippen molar-refractivity contribution in [3.63, 3.8) is 0 Å². The Morgan fingerprint density at radius 3 is 2.38 bits per heavy atom. The van der Waals surface area contributed by atoms with Crippen LogP contribution in [0.25, 0.3) is 0 Å². The molecule has 4 heteroatoms. The summed E-state index contributed by atoms with van der Waals surface area (Å²) in [6, 6.07) is 13.2. The summed E-state index contributed by atoms with van der Waals surface area (Å²) in [4.78, 5) is 2.02. The molecule has 0 saturated carbocycles. The first kappa shape index (κ1) is 16.0. The number of aryl methyl sites for hydroxylation is 1. The third kappa shape index (κ3) is 3.63. The fraction of sp³-hybridized carbons (Fsp3) is 0.294. The number of anilines is 1. The number of benzene rings is 2. The van der Waals surface area contributed by atoms with Gasteiger partial charge < -0.3 is 10.6 Å². The van der Waals surface area contributed by atoms with Gasteiger partial charge in [-0.3, -0.25) is 0 Å². The van der Waals surface area contributed by atoms with Crippen LogP contribution >= 0.6 is 15.9 Å². The van der Waals surface area contributed by atoms with E-state index >= 15 is 0 Å². The summed E-state index contributed by atoms with van der Waals surface area (Å²) >= 11 is 3.28. The highest BCUT2D eigenvalue weighted by Crippen LogP contribution is 2.28. The van der Waals surface area contributed by atoms with Crippen molar-refractivity contribution in [2.75, 3.05) is 18.5 Å². The van der Waals surface area contributed by atoms with Gasteiger partial charge in [-0.25, -0.2) is 4.39 Å². The predicted octanol–water partition coefficient (Wildman–Crippen LogP) is 4.29. The summed E-state index contributed by atoms with van der Waals surface area (Å²) < 4.78 is 14.9. The fourth-order valence-corrected chi connectivity index (χ4v) is 2.75. The normalized spacial score (nSPS) is 12.2. The highest BCUT2D eigenvalue weighted by atomic mass is 79.9. The Labute approximate surface area is 133 Å². The van der Waals surface area contributed by atoms with Gasteiger partial charge in [0.05, 0.1) is 6.04 Å². The van der Waals surface area contributed by atoms with E-state index in [0.29, 0.717) is 12.1 Å². The van der Waals surface area contributed by atoms with Gasteiger partial charge in [0, 0.05) is 29.3 Å². The van der Waals surface area contributed by atoms with E-state index in [1.54, 1.807) is 6.07 Å². The number of hydrogen-bond donors (Lipinski definition) is 1. The first-order valence-corrected chi connectivity index (χ1v) is 7.83. The van der Waals surface area contributed by atoms with Gasteiger partial charge in [-0.1, -0.05) is 41.1 Å². The molecule has 0 aromatic heterocycles. The zero-order valence-electron chi connectivity index (χ0n) is 12.3. The van der Waals surface area contributed by atoms with Gasteiger partial charge in [0.2, 0.25) is 0 Å². The highest BCUT2D eigenvalue weighted by molar-refractivity contribution is 9.10. The molecule has 0 aliphatic carbocycles. The van der Waals surface area contributed by atoms with Gasteiger partial charge in [-0.15, -0.1) is 0 Å². The van der Waals surface area contributed by atoms with E-state index in [0.717, 1.165) is 16.6 Å². The average Bonchev–Trinajstić information content (AvgIpc) is 2.50. The molecule has 0 fully saturated rings. The van der Waals surface area contributed by atoms with Gasteiger partial charge in [-0.2, -0.15) is 0 Å². The maximum atomic E-state index is 14.2. The summed E-state index contributed by atoms with van der Waals surface area (Å²) in [5.41, 5.74) is 8.82. The van der Waals surface area contributed by atoms with E-state index in [2.05, 4.69) is 47.1 Å². The lowest BCUT2D eigenvalue weighted by atomic mass is 10.0. The zero-order chi connectivity index (χ0) is 15.4. The molecule has 2 rings (SSSR count). The molecular weight excluding hydrogens is 331 g/mol. The number of hydrogen-bond acceptors (Lipinski definition) is 2. The van der Waals surface area contributed by atoms with E-state index in [9.17, 15) is 4.39 Å². The van der Waals surface area contributed by atoms with Crippen molar-refractivity contribution in [1.82, 2.24) is 0 Å². The average molecular weight is 351 g/mol. The van der Waals surface area contributed by atoms with Crippen molar-refractivity contribution >= 4 is 21.6 Å². The molecule has 0 saturated heterocycles. The minimum atomic E-state index is -0.239. The van der Waals surface area contributed by atoms with E-state index < -0.39 is 0 Å². The molecule has 0 spiro atoms. The standard InChI is InChI=1S/C17H20BrFN2/c1-3-12-4-7-14(8-5-12)21(2)17(11-20)15-9-6-13(18)10-16(15)19/h4-10,17H,3,11,20H2,1-2H3. The lowest BCUT2D eigenvalue weighted by Gasteiger charge is -2.30. The molecule has 1 unspecified atom stereocenters. The molecule has 0 radical (unpaired) electrons. The summed E-state index contributed by atoms with van der Waals surface area (Å²) in [6.45, 7) is 2.48. The van der Waals surface area contributed by atoms with Crippen LogP contribution in [-0.2, 0) is 6.42 Å². The van der Waals surface area contributed by atoms with Gasteiger partial charge in [0.1, 0.15) is 5.82 Å². The first-order valence-electron chi connectivity index (χ1n) is 7.03. The molecule has 2 aromatic carbocycles. The fourth-order valence-electron chi connectivity index (χ4n) is 2.41. The second kappa shape index (κ2) is 7.05. The second-order valence-corrected chi connectivity index (χ2v) is 5.96. The Morgan fingerprint density at radius 1 is 1.19 bits per heavy atom. The molecule has 2 aromatic rings. The Bertz CT molecular complexity index is 598. The minimum Gasteiger partial charge on any atom is -0.366 e. The molecule has 0 aliphatic heterocycles. The van der Waals surface area contributed by atoms with Gasteiger partial charge in [0.15, 0.2) is 0 Å². The van der Waals surface area contributed by atoms with Crippen molar-refractivity contribution in [2.45, 2.75) is 19.4 Å². The zero-order valence-corrected chi connectivity index (χ0v) is 13.9. The monoisotopic (exact) mass is 350 g/mol. The molecule has 0 amide bonds.